The zero-order valence-electron chi connectivity index (χ0n) is 33.4. The summed E-state index contributed by atoms with van der Waals surface area (Å²) in [7, 11) is 0. The molecule has 4 rings (SSSR count). The lowest BCUT2D eigenvalue weighted by atomic mass is 10.1. The monoisotopic (exact) mass is 907 g/mol. The quantitative estimate of drug-likeness (QED) is 0.213. The molecule has 0 spiro atoms. The number of rotatable bonds is 6. The lowest BCUT2D eigenvalue weighted by Crippen LogP contribution is -2.47. The Bertz CT molecular complexity index is 1830. The van der Waals surface area contributed by atoms with E-state index in [1.165, 1.54) is 21.9 Å². The molecule has 2 aliphatic heterocycles. The van der Waals surface area contributed by atoms with Crippen LogP contribution in [0.4, 0.5) is 45.5 Å². The van der Waals surface area contributed by atoms with Gasteiger partial charge >= 0.3 is 36.7 Å². The molecule has 2 aromatic rings. The molecular weight excluding hydrogens is 860 g/mol. The van der Waals surface area contributed by atoms with Crippen LogP contribution in [-0.4, -0.2) is 83.6 Å². The fourth-order valence-corrected chi connectivity index (χ4v) is 6.28. The molecule has 2 heterocycles. The van der Waals surface area contributed by atoms with Crippen LogP contribution in [-0.2, 0) is 44.5 Å². The highest BCUT2D eigenvalue weighted by Gasteiger charge is 2.33. The van der Waals surface area contributed by atoms with E-state index in [2.05, 4.69) is 26.6 Å². The number of alkyl carbamates (subject to hydrolysis) is 2. The van der Waals surface area contributed by atoms with Crippen LogP contribution in [0.3, 0.4) is 0 Å². The fourth-order valence-electron chi connectivity index (χ4n) is 5.73. The third-order valence-corrected chi connectivity index (χ3v) is 8.86. The summed E-state index contributed by atoms with van der Waals surface area (Å²) in [5.41, 5.74) is -2.83. The van der Waals surface area contributed by atoms with E-state index in [4.69, 9.17) is 24.2 Å². The number of hydrogen-bond acceptors (Lipinski definition) is 9. The number of halogens is 7. The van der Waals surface area contributed by atoms with Gasteiger partial charge in [0.1, 0.15) is 24.4 Å². The fraction of sp³-hybridized carbons (Fsp3) is 0.564. The summed E-state index contributed by atoms with van der Waals surface area (Å²) in [6.07, 6.45) is -9.33. The molecular formula is C39H48BrF6N5O8. The van der Waals surface area contributed by atoms with Gasteiger partial charge in [0.25, 0.3) is 0 Å². The van der Waals surface area contributed by atoms with Crippen molar-refractivity contribution in [1.82, 2.24) is 20.4 Å². The number of likely N-dealkylation sites (tertiary alicyclic amines) is 2. The minimum Gasteiger partial charge on any atom is -0.445 e. The Kier molecular flexibility index (Phi) is 16.7. The van der Waals surface area contributed by atoms with E-state index in [0.717, 1.165) is 24.3 Å². The number of amides is 4. The Morgan fingerprint density at radius 1 is 0.661 bits per heavy atom. The number of nitriles is 1. The number of alkyl halides is 6. The predicted molar refractivity (Wildman–Crippen MR) is 204 cm³/mol. The zero-order chi connectivity index (χ0) is 44.3. The Morgan fingerprint density at radius 3 is 1.39 bits per heavy atom. The van der Waals surface area contributed by atoms with E-state index in [0.29, 0.717) is 51.9 Å². The molecule has 0 aliphatic carbocycles. The highest BCUT2D eigenvalue weighted by molar-refractivity contribution is 9.10. The summed E-state index contributed by atoms with van der Waals surface area (Å²) >= 11 is 3.04. The van der Waals surface area contributed by atoms with Gasteiger partial charge in [-0.2, -0.15) is 31.6 Å². The highest BCUT2D eigenvalue weighted by atomic mass is 79.9. The van der Waals surface area contributed by atoms with Gasteiger partial charge in [0.15, 0.2) is 0 Å². The van der Waals surface area contributed by atoms with Crippen molar-refractivity contribution in [3.05, 3.63) is 68.7 Å². The summed E-state index contributed by atoms with van der Waals surface area (Å²) < 4.78 is 98.4. The van der Waals surface area contributed by atoms with Gasteiger partial charge in [0, 0.05) is 42.7 Å². The van der Waals surface area contributed by atoms with Gasteiger partial charge in [-0.3, -0.25) is 0 Å². The lowest BCUT2D eigenvalue weighted by molar-refractivity contribution is -0.138. The first-order chi connectivity index (χ1) is 27.2. The van der Waals surface area contributed by atoms with Gasteiger partial charge in [0.2, 0.25) is 0 Å². The Morgan fingerprint density at radius 2 is 1.03 bits per heavy atom. The number of carbonyl (C=O) groups is 4. The van der Waals surface area contributed by atoms with Crippen molar-refractivity contribution in [2.24, 2.45) is 0 Å². The first-order valence-electron chi connectivity index (χ1n) is 18.5. The third-order valence-electron chi connectivity index (χ3n) is 8.41. The number of ether oxygens (including phenoxy) is 4. The van der Waals surface area contributed by atoms with Crippen molar-refractivity contribution in [2.75, 3.05) is 26.2 Å². The maximum Gasteiger partial charge on any atom is 0.416 e. The van der Waals surface area contributed by atoms with Gasteiger partial charge in [-0.05, 0) is 115 Å². The molecule has 0 saturated carbocycles. The van der Waals surface area contributed by atoms with Crippen LogP contribution in [0.15, 0.2) is 40.9 Å². The van der Waals surface area contributed by atoms with Crippen LogP contribution in [0, 0.1) is 11.3 Å². The normalized spacial score (nSPS) is 15.5. The average molecular weight is 909 g/mol. The maximum atomic E-state index is 12.9. The van der Waals surface area contributed by atoms with Gasteiger partial charge in [0.05, 0.1) is 22.8 Å². The Balaban J connectivity index is 0.000000316. The van der Waals surface area contributed by atoms with Crippen molar-refractivity contribution in [1.29, 1.82) is 5.26 Å². The van der Waals surface area contributed by atoms with Crippen LogP contribution < -0.4 is 10.6 Å². The maximum absolute atomic E-state index is 12.9. The number of hydrogen-bond donors (Lipinski definition) is 2. The summed E-state index contributed by atoms with van der Waals surface area (Å²) in [4.78, 5) is 50.9. The molecule has 2 N–H and O–H groups in total. The predicted octanol–water partition coefficient (Wildman–Crippen LogP) is 9.30. The van der Waals surface area contributed by atoms with E-state index in [1.807, 2.05) is 0 Å². The number of piperidine rings is 2. The number of nitrogens with one attached hydrogen (secondary N) is 2. The standard InChI is InChI=1S/C20H24F3N3O4.C19H24BrF3N2O4/c1-19(2,3)30-17(27)25-16-4-6-26(7-5-16)18(28)29-12-14-8-13(11-24)9-15(10-14)20(21,22)23;1-18(2,3)29-16(26)24-15-4-6-25(7-5-15)17(27)28-11-12-8-13(19(21,22)23)10-14(20)9-12/h8-10,16H,4-7,12H2,1-3H3,(H,25,27);8-10,15H,4-7,11H2,1-3H3,(H,24,26). The second-order valence-corrected chi connectivity index (χ2v) is 16.7. The number of nitrogens with zero attached hydrogens (tertiary/aromatic N) is 3. The van der Waals surface area contributed by atoms with E-state index < -0.39 is 59.1 Å². The molecule has 2 saturated heterocycles. The van der Waals surface area contributed by atoms with Crippen LogP contribution in [0.1, 0.15) is 95.0 Å². The summed E-state index contributed by atoms with van der Waals surface area (Å²) in [5.74, 6) is 0. The second kappa shape index (κ2) is 20.4. The molecule has 13 nitrogen and oxygen atoms in total. The summed E-state index contributed by atoms with van der Waals surface area (Å²) in [5, 5.41) is 14.4. The molecule has 0 radical (unpaired) electrons. The Hall–Kier alpha value is -4.93. The zero-order valence-corrected chi connectivity index (χ0v) is 35.0. The molecule has 59 heavy (non-hydrogen) atoms. The van der Waals surface area contributed by atoms with Crippen molar-refractivity contribution in [3.63, 3.8) is 0 Å². The largest absolute Gasteiger partial charge is 0.445 e. The SMILES string of the molecule is CC(C)(C)OC(=O)NC1CCN(C(=O)OCc2cc(Br)cc(C(F)(F)F)c2)CC1.CC(C)(C)OC(=O)NC1CCN(C(=O)OCc2cc(C#N)cc(C(F)(F)F)c2)CC1. The van der Waals surface area contributed by atoms with E-state index in [9.17, 15) is 45.5 Å². The Labute approximate surface area is 346 Å². The molecule has 20 heteroatoms. The molecule has 2 aromatic carbocycles. The molecule has 0 bridgehead atoms. The molecule has 0 aromatic heterocycles. The van der Waals surface area contributed by atoms with Crippen molar-refractivity contribution in [2.45, 2.75) is 116 Å². The van der Waals surface area contributed by atoms with Crippen molar-refractivity contribution < 1.29 is 64.5 Å². The molecule has 2 fully saturated rings. The lowest BCUT2D eigenvalue weighted by Gasteiger charge is -2.32. The van der Waals surface area contributed by atoms with Crippen LogP contribution in [0.25, 0.3) is 0 Å². The van der Waals surface area contributed by atoms with Crippen LogP contribution >= 0.6 is 15.9 Å². The van der Waals surface area contributed by atoms with Crippen LogP contribution in [0.5, 0.6) is 0 Å². The molecule has 2 aliphatic rings. The summed E-state index contributed by atoms with van der Waals surface area (Å²) in [6.45, 7) is 11.3. The number of carbonyl (C=O) groups excluding carboxylic acids is 4. The minimum absolute atomic E-state index is 0.0798. The van der Waals surface area contributed by atoms with Crippen molar-refractivity contribution >= 4 is 40.3 Å². The topological polar surface area (TPSA) is 160 Å². The number of benzene rings is 2. The van der Waals surface area contributed by atoms with Gasteiger partial charge in [-0.1, -0.05) is 15.9 Å². The highest BCUT2D eigenvalue weighted by Crippen LogP contribution is 2.33. The smallest absolute Gasteiger partial charge is 0.416 e. The third kappa shape index (κ3) is 17.4. The van der Waals surface area contributed by atoms with Gasteiger partial charge < -0.3 is 39.4 Å². The van der Waals surface area contributed by atoms with E-state index in [1.54, 1.807) is 47.6 Å². The minimum atomic E-state index is -4.60. The van der Waals surface area contributed by atoms with Crippen LogP contribution in [0.2, 0.25) is 0 Å². The first-order valence-corrected chi connectivity index (χ1v) is 19.3. The molecule has 4 amide bonds. The second-order valence-electron chi connectivity index (χ2n) is 15.8. The van der Waals surface area contributed by atoms with E-state index in [-0.39, 0.29) is 46.5 Å². The summed E-state index contributed by atoms with van der Waals surface area (Å²) in [6, 6.07) is 7.64. The molecule has 0 atom stereocenters. The van der Waals surface area contributed by atoms with Gasteiger partial charge in [-0.25, -0.2) is 19.2 Å². The molecule has 326 valence electrons. The first kappa shape index (κ1) is 48.4. The van der Waals surface area contributed by atoms with Gasteiger partial charge in [-0.15, -0.1) is 0 Å². The average Bonchev–Trinajstić information content (AvgIpc) is 3.11. The van der Waals surface area contributed by atoms with E-state index >= 15 is 0 Å². The molecule has 0 unspecified atom stereocenters. The van der Waals surface area contributed by atoms with Crippen molar-refractivity contribution in [3.8, 4) is 6.07 Å².